The van der Waals surface area contributed by atoms with E-state index in [9.17, 15) is 14.4 Å². The Morgan fingerprint density at radius 1 is 0.929 bits per heavy atom. The standard InChI is InChI=1S/C21H24N2O5/c1-14-4-10-19(11-5-14)27-13-12-20(25)28-15(2)21(26)23-18-8-6-17(7-9-18)22-16(3)24/h4-11,15H,12-13H2,1-3H3,(H,22,24)(H,23,26)/t15-/m0/s1. The number of hydrogen-bond acceptors (Lipinski definition) is 5. The Kier molecular flexibility index (Phi) is 7.56. The van der Waals surface area contributed by atoms with Crippen molar-refractivity contribution in [1.82, 2.24) is 0 Å². The van der Waals surface area contributed by atoms with Gasteiger partial charge in [-0.25, -0.2) is 0 Å². The number of nitrogens with one attached hydrogen (secondary N) is 2. The Bertz CT molecular complexity index is 816. The van der Waals surface area contributed by atoms with Crippen LogP contribution in [0.15, 0.2) is 48.5 Å². The van der Waals surface area contributed by atoms with Gasteiger partial charge < -0.3 is 20.1 Å². The van der Waals surface area contributed by atoms with Crippen molar-refractivity contribution in [3.8, 4) is 5.75 Å². The number of esters is 1. The number of anilines is 2. The zero-order valence-electron chi connectivity index (χ0n) is 16.2. The fourth-order valence-electron chi connectivity index (χ4n) is 2.28. The number of carbonyl (C=O) groups is 3. The van der Waals surface area contributed by atoms with Crippen LogP contribution in [0.4, 0.5) is 11.4 Å². The topological polar surface area (TPSA) is 93.7 Å². The third-order valence-electron chi connectivity index (χ3n) is 3.75. The lowest BCUT2D eigenvalue weighted by Crippen LogP contribution is -2.30. The van der Waals surface area contributed by atoms with E-state index in [-0.39, 0.29) is 18.9 Å². The molecule has 0 bridgehead atoms. The molecule has 0 aromatic heterocycles. The van der Waals surface area contributed by atoms with Crippen molar-refractivity contribution < 1.29 is 23.9 Å². The lowest BCUT2D eigenvalue weighted by Gasteiger charge is -2.14. The number of rotatable bonds is 8. The Labute approximate surface area is 164 Å². The maximum Gasteiger partial charge on any atom is 0.310 e. The number of amides is 2. The number of aryl methyl sites for hydroxylation is 1. The Morgan fingerprint density at radius 3 is 2.07 bits per heavy atom. The van der Waals surface area contributed by atoms with E-state index < -0.39 is 18.0 Å². The van der Waals surface area contributed by atoms with Crippen LogP contribution < -0.4 is 15.4 Å². The minimum Gasteiger partial charge on any atom is -0.493 e. The molecule has 0 radical (unpaired) electrons. The monoisotopic (exact) mass is 384 g/mol. The highest BCUT2D eigenvalue weighted by Crippen LogP contribution is 2.14. The average Bonchev–Trinajstić information content (AvgIpc) is 2.64. The van der Waals surface area contributed by atoms with Gasteiger partial charge in [0.05, 0.1) is 13.0 Å². The second kappa shape index (κ2) is 10.1. The van der Waals surface area contributed by atoms with Crippen LogP contribution in [0, 0.1) is 6.92 Å². The van der Waals surface area contributed by atoms with Gasteiger partial charge in [0, 0.05) is 18.3 Å². The fraction of sp³-hybridized carbons (Fsp3) is 0.286. The van der Waals surface area contributed by atoms with Crippen molar-refractivity contribution in [1.29, 1.82) is 0 Å². The van der Waals surface area contributed by atoms with Crippen molar-refractivity contribution in [2.45, 2.75) is 33.3 Å². The van der Waals surface area contributed by atoms with Crippen molar-refractivity contribution >= 4 is 29.2 Å². The third kappa shape index (κ3) is 7.11. The first-order valence-corrected chi connectivity index (χ1v) is 8.91. The molecule has 2 amide bonds. The largest absolute Gasteiger partial charge is 0.493 e. The zero-order chi connectivity index (χ0) is 20.5. The van der Waals surface area contributed by atoms with Gasteiger partial charge in [0.2, 0.25) is 5.91 Å². The number of ether oxygens (including phenoxy) is 2. The highest BCUT2D eigenvalue weighted by Gasteiger charge is 2.18. The molecule has 0 aliphatic rings. The molecule has 2 rings (SSSR count). The predicted molar refractivity (Wildman–Crippen MR) is 106 cm³/mol. The number of hydrogen-bond donors (Lipinski definition) is 2. The quantitative estimate of drug-likeness (QED) is 0.681. The van der Waals surface area contributed by atoms with E-state index in [2.05, 4.69) is 10.6 Å². The molecular weight excluding hydrogens is 360 g/mol. The Balaban J connectivity index is 1.74. The van der Waals surface area contributed by atoms with Gasteiger partial charge in [0.1, 0.15) is 5.75 Å². The molecule has 2 N–H and O–H groups in total. The number of benzene rings is 2. The third-order valence-corrected chi connectivity index (χ3v) is 3.75. The minimum atomic E-state index is -0.943. The molecule has 148 valence electrons. The van der Waals surface area contributed by atoms with Gasteiger partial charge in [-0.05, 0) is 50.2 Å². The van der Waals surface area contributed by atoms with Crippen molar-refractivity contribution in [3.05, 3.63) is 54.1 Å². The van der Waals surface area contributed by atoms with Gasteiger partial charge in [-0.1, -0.05) is 17.7 Å². The van der Waals surface area contributed by atoms with E-state index in [4.69, 9.17) is 9.47 Å². The van der Waals surface area contributed by atoms with Gasteiger partial charge >= 0.3 is 5.97 Å². The van der Waals surface area contributed by atoms with Gasteiger partial charge in [-0.15, -0.1) is 0 Å². The predicted octanol–water partition coefficient (Wildman–Crippen LogP) is 3.29. The van der Waals surface area contributed by atoms with Gasteiger partial charge in [0.15, 0.2) is 6.10 Å². The molecule has 28 heavy (non-hydrogen) atoms. The van der Waals surface area contributed by atoms with Crippen LogP contribution in [0.1, 0.15) is 25.8 Å². The van der Waals surface area contributed by atoms with E-state index in [1.807, 2.05) is 31.2 Å². The Hall–Kier alpha value is -3.35. The molecule has 1 atom stereocenters. The van der Waals surface area contributed by atoms with Crippen molar-refractivity contribution in [2.24, 2.45) is 0 Å². The highest BCUT2D eigenvalue weighted by molar-refractivity contribution is 5.95. The first-order valence-electron chi connectivity index (χ1n) is 8.91. The fourth-order valence-corrected chi connectivity index (χ4v) is 2.28. The SMILES string of the molecule is CC(=O)Nc1ccc(NC(=O)[C@H](C)OC(=O)CCOc2ccc(C)cc2)cc1. The van der Waals surface area contributed by atoms with E-state index in [0.717, 1.165) is 5.56 Å². The van der Waals surface area contributed by atoms with Crippen molar-refractivity contribution in [2.75, 3.05) is 17.2 Å². The molecule has 0 saturated carbocycles. The molecule has 2 aromatic rings. The first-order chi connectivity index (χ1) is 13.3. The summed E-state index contributed by atoms with van der Waals surface area (Å²) in [6.07, 6.45) is -0.904. The van der Waals surface area contributed by atoms with Gasteiger partial charge in [-0.2, -0.15) is 0 Å². The molecule has 0 unspecified atom stereocenters. The van der Waals surface area contributed by atoms with E-state index in [1.54, 1.807) is 24.3 Å². The molecule has 0 spiro atoms. The summed E-state index contributed by atoms with van der Waals surface area (Å²) in [6.45, 7) is 5.06. The first kappa shape index (κ1) is 21.0. The van der Waals surface area contributed by atoms with Crippen LogP contribution in [0.5, 0.6) is 5.75 Å². The van der Waals surface area contributed by atoms with Gasteiger partial charge in [-0.3, -0.25) is 14.4 Å². The zero-order valence-corrected chi connectivity index (χ0v) is 16.2. The molecule has 7 heteroatoms. The van der Waals surface area contributed by atoms with Crippen LogP contribution >= 0.6 is 0 Å². The molecule has 0 saturated heterocycles. The molecule has 7 nitrogen and oxygen atoms in total. The molecule has 0 fully saturated rings. The average molecular weight is 384 g/mol. The molecule has 0 aliphatic heterocycles. The molecule has 0 aliphatic carbocycles. The van der Waals surface area contributed by atoms with E-state index in [1.165, 1.54) is 13.8 Å². The summed E-state index contributed by atoms with van der Waals surface area (Å²) in [5.41, 5.74) is 2.28. The Morgan fingerprint density at radius 2 is 1.50 bits per heavy atom. The maximum absolute atomic E-state index is 12.1. The van der Waals surface area contributed by atoms with E-state index >= 15 is 0 Å². The summed E-state index contributed by atoms with van der Waals surface area (Å²) in [5, 5.41) is 5.29. The van der Waals surface area contributed by atoms with Crippen LogP contribution in [-0.2, 0) is 19.1 Å². The highest BCUT2D eigenvalue weighted by atomic mass is 16.5. The molecular formula is C21H24N2O5. The molecule has 2 aromatic carbocycles. The minimum absolute atomic E-state index is 0.0386. The summed E-state index contributed by atoms with van der Waals surface area (Å²) in [6, 6.07) is 14.1. The lowest BCUT2D eigenvalue weighted by molar-refractivity contribution is -0.153. The second-order valence-electron chi connectivity index (χ2n) is 6.29. The van der Waals surface area contributed by atoms with E-state index in [0.29, 0.717) is 17.1 Å². The molecule has 0 heterocycles. The summed E-state index contributed by atoms with van der Waals surface area (Å²) in [7, 11) is 0. The second-order valence-corrected chi connectivity index (χ2v) is 6.29. The summed E-state index contributed by atoms with van der Waals surface area (Å²) in [4.78, 5) is 35.0. The van der Waals surface area contributed by atoms with Crippen LogP contribution in [0.2, 0.25) is 0 Å². The van der Waals surface area contributed by atoms with Crippen molar-refractivity contribution in [3.63, 3.8) is 0 Å². The lowest BCUT2D eigenvalue weighted by atomic mass is 10.2. The number of carbonyl (C=O) groups excluding carboxylic acids is 3. The van der Waals surface area contributed by atoms with Crippen LogP contribution in [-0.4, -0.2) is 30.5 Å². The summed E-state index contributed by atoms with van der Waals surface area (Å²) < 4.78 is 10.6. The normalized spacial score (nSPS) is 11.2. The van der Waals surface area contributed by atoms with Crippen LogP contribution in [0.25, 0.3) is 0 Å². The summed E-state index contributed by atoms with van der Waals surface area (Å²) >= 11 is 0. The smallest absolute Gasteiger partial charge is 0.310 e. The maximum atomic E-state index is 12.1. The summed E-state index contributed by atoms with van der Waals surface area (Å²) in [5.74, 6) is -0.466. The van der Waals surface area contributed by atoms with Crippen LogP contribution in [0.3, 0.4) is 0 Å². The van der Waals surface area contributed by atoms with Gasteiger partial charge in [0.25, 0.3) is 5.91 Å².